The monoisotopic (exact) mass is 271 g/mol. The Bertz CT molecular complexity index is 945. The van der Waals surface area contributed by atoms with Crippen molar-refractivity contribution >= 4 is 21.7 Å². The predicted molar refractivity (Wildman–Crippen MR) is 86.3 cm³/mol. The summed E-state index contributed by atoms with van der Waals surface area (Å²) in [7, 11) is 0. The summed E-state index contributed by atoms with van der Waals surface area (Å²) in [6, 6.07) is 21.9. The SMILES string of the molecule is Oc1ccc(-c2ccccc2)c2ccc3cccnc3c12. The summed E-state index contributed by atoms with van der Waals surface area (Å²) in [6.07, 6.45) is 1.76. The summed E-state index contributed by atoms with van der Waals surface area (Å²) in [5.74, 6) is 0.272. The summed E-state index contributed by atoms with van der Waals surface area (Å²) in [5, 5.41) is 13.2. The first kappa shape index (κ1) is 11.9. The van der Waals surface area contributed by atoms with Gasteiger partial charge in [-0.25, -0.2) is 0 Å². The minimum absolute atomic E-state index is 0.272. The molecule has 100 valence electrons. The minimum Gasteiger partial charge on any atom is -0.507 e. The molecule has 0 unspecified atom stereocenters. The van der Waals surface area contributed by atoms with Gasteiger partial charge in [-0.2, -0.15) is 0 Å². The lowest BCUT2D eigenvalue weighted by Gasteiger charge is -2.10. The van der Waals surface area contributed by atoms with E-state index in [0.29, 0.717) is 0 Å². The van der Waals surface area contributed by atoms with E-state index in [-0.39, 0.29) is 5.75 Å². The number of fused-ring (bicyclic) bond motifs is 3. The van der Waals surface area contributed by atoms with Crippen LogP contribution in [0.4, 0.5) is 0 Å². The fraction of sp³-hybridized carbons (Fsp3) is 0. The Hall–Kier alpha value is -2.87. The summed E-state index contributed by atoms with van der Waals surface area (Å²) >= 11 is 0. The van der Waals surface area contributed by atoms with Crippen molar-refractivity contribution in [2.75, 3.05) is 0 Å². The molecule has 0 spiro atoms. The largest absolute Gasteiger partial charge is 0.507 e. The lowest BCUT2D eigenvalue weighted by molar-refractivity contribution is 0.482. The van der Waals surface area contributed by atoms with Crippen LogP contribution >= 0.6 is 0 Å². The molecule has 0 radical (unpaired) electrons. The molecule has 1 heterocycles. The van der Waals surface area contributed by atoms with Gasteiger partial charge in [-0.05, 0) is 28.6 Å². The Labute approximate surface area is 122 Å². The van der Waals surface area contributed by atoms with Crippen LogP contribution in [0.25, 0.3) is 32.8 Å². The average molecular weight is 271 g/mol. The van der Waals surface area contributed by atoms with Gasteiger partial charge < -0.3 is 5.11 Å². The Morgan fingerprint density at radius 1 is 0.762 bits per heavy atom. The van der Waals surface area contributed by atoms with E-state index in [1.807, 2.05) is 36.4 Å². The third kappa shape index (κ3) is 1.84. The summed E-state index contributed by atoms with van der Waals surface area (Å²) in [5.41, 5.74) is 3.08. The van der Waals surface area contributed by atoms with Crippen LogP contribution in [-0.4, -0.2) is 10.1 Å². The maximum Gasteiger partial charge on any atom is 0.125 e. The van der Waals surface area contributed by atoms with Crippen molar-refractivity contribution in [3.05, 3.63) is 72.9 Å². The van der Waals surface area contributed by atoms with Gasteiger partial charge >= 0.3 is 0 Å². The van der Waals surface area contributed by atoms with Crippen molar-refractivity contribution in [2.24, 2.45) is 0 Å². The predicted octanol–water partition coefficient (Wildman–Crippen LogP) is 4.76. The van der Waals surface area contributed by atoms with Crippen molar-refractivity contribution in [2.45, 2.75) is 0 Å². The van der Waals surface area contributed by atoms with E-state index in [2.05, 4.69) is 29.2 Å². The molecule has 2 heteroatoms. The standard InChI is InChI=1S/C19H13NO/c21-17-11-10-15(13-5-2-1-3-6-13)16-9-8-14-7-4-12-20-19(14)18(16)17/h1-12,21H. The number of hydrogen-bond donors (Lipinski definition) is 1. The second kappa shape index (κ2) is 4.60. The van der Waals surface area contributed by atoms with Crippen LogP contribution in [0, 0.1) is 0 Å². The van der Waals surface area contributed by atoms with E-state index >= 15 is 0 Å². The first-order chi connectivity index (χ1) is 10.3. The number of phenols is 1. The molecule has 1 N–H and O–H groups in total. The molecular weight excluding hydrogens is 258 g/mol. The molecule has 21 heavy (non-hydrogen) atoms. The second-order valence-electron chi connectivity index (χ2n) is 5.06. The number of aromatic hydroxyl groups is 1. The minimum atomic E-state index is 0.272. The van der Waals surface area contributed by atoms with Gasteiger partial charge in [0.05, 0.1) is 10.9 Å². The molecule has 0 saturated heterocycles. The van der Waals surface area contributed by atoms with Crippen molar-refractivity contribution < 1.29 is 5.11 Å². The molecule has 2 nitrogen and oxygen atoms in total. The number of phenolic OH excluding ortho intramolecular Hbond substituents is 1. The molecule has 1 aromatic heterocycles. The molecular formula is C19H13NO. The van der Waals surface area contributed by atoms with E-state index in [4.69, 9.17) is 0 Å². The molecule has 4 aromatic rings. The van der Waals surface area contributed by atoms with Gasteiger partial charge in [-0.3, -0.25) is 4.98 Å². The van der Waals surface area contributed by atoms with Gasteiger partial charge in [0.15, 0.2) is 0 Å². The summed E-state index contributed by atoms with van der Waals surface area (Å²) in [4.78, 5) is 4.44. The molecule has 3 aromatic carbocycles. The Morgan fingerprint density at radius 2 is 1.62 bits per heavy atom. The van der Waals surface area contributed by atoms with Crippen LogP contribution in [0.1, 0.15) is 0 Å². The molecule has 0 aliphatic heterocycles. The average Bonchev–Trinajstić information content (AvgIpc) is 2.55. The van der Waals surface area contributed by atoms with E-state index in [1.54, 1.807) is 12.3 Å². The van der Waals surface area contributed by atoms with Crippen LogP contribution in [0.3, 0.4) is 0 Å². The first-order valence-electron chi connectivity index (χ1n) is 6.89. The third-order valence-corrected chi connectivity index (χ3v) is 3.81. The quantitative estimate of drug-likeness (QED) is 0.506. The molecule has 0 aliphatic rings. The topological polar surface area (TPSA) is 33.1 Å². The zero-order valence-electron chi connectivity index (χ0n) is 11.3. The molecule has 0 atom stereocenters. The van der Waals surface area contributed by atoms with E-state index in [0.717, 1.165) is 32.8 Å². The zero-order valence-corrected chi connectivity index (χ0v) is 11.3. The number of pyridine rings is 1. The zero-order chi connectivity index (χ0) is 14.2. The molecule has 0 aliphatic carbocycles. The van der Waals surface area contributed by atoms with Crippen molar-refractivity contribution in [1.29, 1.82) is 0 Å². The summed E-state index contributed by atoms with van der Waals surface area (Å²) in [6.45, 7) is 0. The fourth-order valence-electron chi connectivity index (χ4n) is 2.83. The lowest BCUT2D eigenvalue weighted by Crippen LogP contribution is -1.86. The highest BCUT2D eigenvalue weighted by atomic mass is 16.3. The normalized spacial score (nSPS) is 11.0. The number of hydrogen-bond acceptors (Lipinski definition) is 2. The van der Waals surface area contributed by atoms with Gasteiger partial charge in [0.1, 0.15) is 5.75 Å². The van der Waals surface area contributed by atoms with Crippen molar-refractivity contribution in [3.8, 4) is 16.9 Å². The van der Waals surface area contributed by atoms with Gasteiger partial charge in [-0.15, -0.1) is 0 Å². The maximum atomic E-state index is 10.3. The van der Waals surface area contributed by atoms with Gasteiger partial charge in [0, 0.05) is 11.6 Å². The Balaban J connectivity index is 2.16. The highest BCUT2D eigenvalue weighted by Crippen LogP contribution is 2.37. The van der Waals surface area contributed by atoms with Crippen LogP contribution in [-0.2, 0) is 0 Å². The van der Waals surface area contributed by atoms with E-state index < -0.39 is 0 Å². The maximum absolute atomic E-state index is 10.3. The molecule has 0 fully saturated rings. The molecule has 4 rings (SSSR count). The van der Waals surface area contributed by atoms with Crippen LogP contribution in [0.5, 0.6) is 5.75 Å². The number of benzene rings is 3. The number of aromatic nitrogens is 1. The molecule has 0 bridgehead atoms. The first-order valence-corrected chi connectivity index (χ1v) is 6.89. The lowest BCUT2D eigenvalue weighted by atomic mass is 9.96. The number of rotatable bonds is 1. The van der Waals surface area contributed by atoms with Crippen LogP contribution in [0.2, 0.25) is 0 Å². The fourth-order valence-corrected chi connectivity index (χ4v) is 2.83. The van der Waals surface area contributed by atoms with Crippen LogP contribution in [0.15, 0.2) is 72.9 Å². The third-order valence-electron chi connectivity index (χ3n) is 3.81. The second-order valence-corrected chi connectivity index (χ2v) is 5.06. The smallest absolute Gasteiger partial charge is 0.125 e. The van der Waals surface area contributed by atoms with E-state index in [1.165, 1.54) is 0 Å². The van der Waals surface area contributed by atoms with Crippen molar-refractivity contribution in [3.63, 3.8) is 0 Å². The van der Waals surface area contributed by atoms with E-state index in [9.17, 15) is 5.11 Å². The van der Waals surface area contributed by atoms with Crippen molar-refractivity contribution in [1.82, 2.24) is 4.98 Å². The van der Waals surface area contributed by atoms with Gasteiger partial charge in [0.2, 0.25) is 0 Å². The highest BCUT2D eigenvalue weighted by Gasteiger charge is 2.10. The Morgan fingerprint density at radius 3 is 2.48 bits per heavy atom. The Kier molecular flexibility index (Phi) is 2.61. The molecule has 0 saturated carbocycles. The molecule has 0 amide bonds. The highest BCUT2D eigenvalue weighted by molar-refractivity contribution is 6.13. The van der Waals surface area contributed by atoms with Crippen LogP contribution < -0.4 is 0 Å². The van der Waals surface area contributed by atoms with Gasteiger partial charge in [-0.1, -0.05) is 54.6 Å². The van der Waals surface area contributed by atoms with Gasteiger partial charge in [0.25, 0.3) is 0 Å². The number of nitrogens with zero attached hydrogens (tertiary/aromatic N) is 1. The summed E-state index contributed by atoms with van der Waals surface area (Å²) < 4.78 is 0.